The fraction of sp³-hybridized carbons (Fsp3) is 0.333. The van der Waals surface area contributed by atoms with Crippen LogP contribution in [0.5, 0.6) is 0 Å². The SMILES string of the molecule is CC1CN(C(=O)c2cnc(-c3ccncc3)nc2)CCN1. The van der Waals surface area contributed by atoms with Crippen LogP contribution in [0.4, 0.5) is 0 Å². The minimum absolute atomic E-state index is 0.00960. The average molecular weight is 283 g/mol. The van der Waals surface area contributed by atoms with Crippen LogP contribution in [0.15, 0.2) is 36.9 Å². The van der Waals surface area contributed by atoms with Crippen molar-refractivity contribution in [2.75, 3.05) is 19.6 Å². The van der Waals surface area contributed by atoms with E-state index in [4.69, 9.17) is 0 Å². The van der Waals surface area contributed by atoms with Crippen LogP contribution in [0, 0.1) is 0 Å². The molecule has 1 unspecified atom stereocenters. The van der Waals surface area contributed by atoms with Gasteiger partial charge in [-0.3, -0.25) is 9.78 Å². The van der Waals surface area contributed by atoms with Gasteiger partial charge in [-0.2, -0.15) is 0 Å². The largest absolute Gasteiger partial charge is 0.336 e. The number of piperazine rings is 1. The highest BCUT2D eigenvalue weighted by atomic mass is 16.2. The van der Waals surface area contributed by atoms with Crippen molar-refractivity contribution < 1.29 is 4.79 Å². The second kappa shape index (κ2) is 5.97. The standard InChI is InChI=1S/C15H17N5O/c1-11-10-20(7-6-17-11)15(21)13-8-18-14(19-9-13)12-2-4-16-5-3-12/h2-5,8-9,11,17H,6-7,10H2,1H3. The molecule has 0 radical (unpaired) electrons. The quantitative estimate of drug-likeness (QED) is 0.889. The van der Waals surface area contributed by atoms with Gasteiger partial charge in [0.25, 0.3) is 5.91 Å². The molecule has 1 atom stereocenters. The summed E-state index contributed by atoms with van der Waals surface area (Å²) in [6, 6.07) is 4.00. The summed E-state index contributed by atoms with van der Waals surface area (Å²) in [5.41, 5.74) is 1.42. The van der Waals surface area contributed by atoms with Gasteiger partial charge in [0.15, 0.2) is 5.82 Å². The second-order valence-corrected chi connectivity index (χ2v) is 5.14. The van der Waals surface area contributed by atoms with Crippen molar-refractivity contribution in [1.29, 1.82) is 0 Å². The number of nitrogens with zero attached hydrogens (tertiary/aromatic N) is 4. The zero-order valence-electron chi connectivity index (χ0n) is 11.9. The molecule has 1 amide bonds. The fourth-order valence-electron chi connectivity index (χ4n) is 2.39. The number of carbonyl (C=O) groups is 1. The van der Waals surface area contributed by atoms with Gasteiger partial charge in [0, 0.05) is 56.0 Å². The van der Waals surface area contributed by atoms with Crippen LogP contribution in [-0.2, 0) is 0 Å². The van der Waals surface area contributed by atoms with E-state index in [1.807, 2.05) is 17.0 Å². The van der Waals surface area contributed by atoms with Gasteiger partial charge >= 0.3 is 0 Å². The highest BCUT2D eigenvalue weighted by molar-refractivity contribution is 5.93. The predicted molar refractivity (Wildman–Crippen MR) is 78.6 cm³/mol. The number of nitrogens with one attached hydrogen (secondary N) is 1. The van der Waals surface area contributed by atoms with E-state index in [1.54, 1.807) is 24.8 Å². The molecule has 6 heteroatoms. The highest BCUT2D eigenvalue weighted by Gasteiger charge is 2.22. The normalized spacial score (nSPS) is 18.5. The highest BCUT2D eigenvalue weighted by Crippen LogP contribution is 2.13. The van der Waals surface area contributed by atoms with Gasteiger partial charge in [0.2, 0.25) is 0 Å². The summed E-state index contributed by atoms with van der Waals surface area (Å²) in [5.74, 6) is 0.590. The molecule has 1 aliphatic rings. The van der Waals surface area contributed by atoms with Crippen LogP contribution in [-0.4, -0.2) is 51.4 Å². The fourth-order valence-corrected chi connectivity index (χ4v) is 2.39. The third-order valence-corrected chi connectivity index (χ3v) is 3.49. The van der Waals surface area contributed by atoms with Crippen molar-refractivity contribution in [1.82, 2.24) is 25.2 Å². The lowest BCUT2D eigenvalue weighted by Gasteiger charge is -2.31. The number of hydrogen-bond donors (Lipinski definition) is 1. The number of pyridine rings is 1. The summed E-state index contributed by atoms with van der Waals surface area (Å²) < 4.78 is 0. The van der Waals surface area contributed by atoms with E-state index in [9.17, 15) is 4.79 Å². The molecule has 6 nitrogen and oxygen atoms in total. The molecule has 0 saturated carbocycles. The van der Waals surface area contributed by atoms with Crippen molar-refractivity contribution in [2.45, 2.75) is 13.0 Å². The van der Waals surface area contributed by atoms with Gasteiger partial charge in [0.05, 0.1) is 5.56 Å². The molecule has 108 valence electrons. The minimum atomic E-state index is -0.00960. The first-order valence-electron chi connectivity index (χ1n) is 6.99. The zero-order valence-corrected chi connectivity index (χ0v) is 11.9. The number of carbonyl (C=O) groups excluding carboxylic acids is 1. The van der Waals surface area contributed by atoms with E-state index in [0.29, 0.717) is 24.0 Å². The number of aromatic nitrogens is 3. The Balaban J connectivity index is 1.76. The van der Waals surface area contributed by atoms with Crippen molar-refractivity contribution in [3.05, 3.63) is 42.5 Å². The van der Waals surface area contributed by atoms with Crippen LogP contribution < -0.4 is 5.32 Å². The summed E-state index contributed by atoms with van der Waals surface area (Å²) in [5, 5.41) is 3.32. The lowest BCUT2D eigenvalue weighted by atomic mass is 10.2. The molecule has 2 aromatic rings. The van der Waals surface area contributed by atoms with E-state index in [1.165, 1.54) is 0 Å². The maximum atomic E-state index is 12.4. The second-order valence-electron chi connectivity index (χ2n) is 5.14. The molecule has 3 heterocycles. The molecule has 1 aliphatic heterocycles. The third-order valence-electron chi connectivity index (χ3n) is 3.49. The third kappa shape index (κ3) is 3.05. The summed E-state index contributed by atoms with van der Waals surface area (Å²) in [4.78, 5) is 26.8. The lowest BCUT2D eigenvalue weighted by Crippen LogP contribution is -2.51. The minimum Gasteiger partial charge on any atom is -0.336 e. The monoisotopic (exact) mass is 283 g/mol. The van der Waals surface area contributed by atoms with Gasteiger partial charge in [-0.15, -0.1) is 0 Å². The van der Waals surface area contributed by atoms with Crippen LogP contribution >= 0.6 is 0 Å². The Kier molecular flexibility index (Phi) is 3.87. The molecule has 0 bridgehead atoms. The van der Waals surface area contributed by atoms with Gasteiger partial charge in [-0.05, 0) is 19.1 Å². The van der Waals surface area contributed by atoms with Crippen molar-refractivity contribution >= 4 is 5.91 Å². The summed E-state index contributed by atoms with van der Waals surface area (Å²) in [6.45, 7) is 4.32. The Labute approximate surface area is 123 Å². The summed E-state index contributed by atoms with van der Waals surface area (Å²) in [6.07, 6.45) is 6.58. The Bertz CT molecular complexity index is 614. The maximum Gasteiger partial charge on any atom is 0.257 e. The number of hydrogen-bond acceptors (Lipinski definition) is 5. The van der Waals surface area contributed by atoms with Crippen LogP contribution in [0.25, 0.3) is 11.4 Å². The van der Waals surface area contributed by atoms with E-state index < -0.39 is 0 Å². The van der Waals surface area contributed by atoms with E-state index in [2.05, 4.69) is 27.2 Å². The molecule has 1 fully saturated rings. The van der Waals surface area contributed by atoms with Gasteiger partial charge in [0.1, 0.15) is 0 Å². The predicted octanol–water partition coefficient (Wildman–Crippen LogP) is 0.972. The zero-order chi connectivity index (χ0) is 14.7. The molecule has 0 spiro atoms. The molecule has 0 aliphatic carbocycles. The Hall–Kier alpha value is -2.34. The summed E-state index contributed by atoms with van der Waals surface area (Å²) >= 11 is 0. The molecule has 21 heavy (non-hydrogen) atoms. The van der Waals surface area contributed by atoms with Gasteiger partial charge in [-0.1, -0.05) is 0 Å². The molecule has 1 saturated heterocycles. The molecular formula is C15H17N5O. The maximum absolute atomic E-state index is 12.4. The number of amides is 1. The first-order valence-corrected chi connectivity index (χ1v) is 6.99. The van der Waals surface area contributed by atoms with Crippen LogP contribution in [0.2, 0.25) is 0 Å². The lowest BCUT2D eigenvalue weighted by molar-refractivity contribution is 0.0708. The molecule has 0 aromatic carbocycles. The van der Waals surface area contributed by atoms with Crippen molar-refractivity contribution in [3.8, 4) is 11.4 Å². The Morgan fingerprint density at radius 3 is 2.67 bits per heavy atom. The molecule has 3 rings (SSSR count). The van der Waals surface area contributed by atoms with Crippen molar-refractivity contribution in [2.24, 2.45) is 0 Å². The number of rotatable bonds is 2. The topological polar surface area (TPSA) is 71.0 Å². The van der Waals surface area contributed by atoms with Crippen molar-refractivity contribution in [3.63, 3.8) is 0 Å². The molecule has 1 N–H and O–H groups in total. The van der Waals surface area contributed by atoms with Gasteiger partial charge in [-0.25, -0.2) is 9.97 Å². The molecule has 2 aromatic heterocycles. The first kappa shape index (κ1) is 13.6. The van der Waals surface area contributed by atoms with Gasteiger partial charge < -0.3 is 10.2 Å². The average Bonchev–Trinajstić information content (AvgIpc) is 2.55. The van der Waals surface area contributed by atoms with E-state index in [-0.39, 0.29) is 5.91 Å². The van der Waals surface area contributed by atoms with Crippen LogP contribution in [0.1, 0.15) is 17.3 Å². The molecular weight excluding hydrogens is 266 g/mol. The van der Waals surface area contributed by atoms with Crippen LogP contribution in [0.3, 0.4) is 0 Å². The first-order chi connectivity index (χ1) is 10.2. The van der Waals surface area contributed by atoms with E-state index >= 15 is 0 Å². The van der Waals surface area contributed by atoms with E-state index in [0.717, 1.165) is 18.7 Å². The Morgan fingerprint density at radius 1 is 1.29 bits per heavy atom. The smallest absolute Gasteiger partial charge is 0.257 e. The summed E-state index contributed by atoms with van der Waals surface area (Å²) in [7, 11) is 0. The Morgan fingerprint density at radius 2 is 2.00 bits per heavy atom.